The number of ether oxygens (including phenoxy) is 1. The number of carbonyl (C=O) groups is 3. The average Bonchev–Trinajstić information content (AvgIpc) is 2.84. The Labute approximate surface area is 148 Å². The predicted octanol–water partition coefficient (Wildman–Crippen LogP) is 2.93. The standard InChI is InChI=1S/C19H28N2O4/c1-10-7-6-8-15(11(10)2)21-16(23)9-25-19(24)18-12(3)17(14(5)22)13(4)20-18/h10-11,15,20H,6-9H2,1-5H3,(H,21,23)/t10-,11-,15+/m0/s1. The van der Waals surface area contributed by atoms with Crippen molar-refractivity contribution in [1.82, 2.24) is 10.3 Å². The van der Waals surface area contributed by atoms with Gasteiger partial charge in [0.05, 0.1) is 0 Å². The normalized spacial score (nSPS) is 23.2. The summed E-state index contributed by atoms with van der Waals surface area (Å²) in [7, 11) is 0. The quantitative estimate of drug-likeness (QED) is 0.632. The molecule has 2 rings (SSSR count). The lowest BCUT2D eigenvalue weighted by Gasteiger charge is -2.34. The Bertz CT molecular complexity index is 677. The minimum atomic E-state index is -0.617. The van der Waals surface area contributed by atoms with Gasteiger partial charge in [-0.2, -0.15) is 0 Å². The summed E-state index contributed by atoms with van der Waals surface area (Å²) >= 11 is 0. The fourth-order valence-corrected chi connectivity index (χ4v) is 3.72. The topological polar surface area (TPSA) is 88.3 Å². The van der Waals surface area contributed by atoms with Crippen molar-refractivity contribution < 1.29 is 19.1 Å². The molecule has 0 unspecified atom stereocenters. The maximum Gasteiger partial charge on any atom is 0.355 e. The van der Waals surface area contributed by atoms with E-state index in [-0.39, 0.29) is 30.0 Å². The van der Waals surface area contributed by atoms with Gasteiger partial charge in [0, 0.05) is 17.3 Å². The van der Waals surface area contributed by atoms with Crippen molar-refractivity contribution in [2.24, 2.45) is 11.8 Å². The molecule has 1 aromatic rings. The third kappa shape index (κ3) is 4.30. The summed E-state index contributed by atoms with van der Waals surface area (Å²) in [5.41, 5.74) is 1.92. The van der Waals surface area contributed by atoms with Gasteiger partial charge in [0.1, 0.15) is 5.69 Å². The van der Waals surface area contributed by atoms with Crippen LogP contribution in [0.25, 0.3) is 0 Å². The zero-order valence-electron chi connectivity index (χ0n) is 15.7. The van der Waals surface area contributed by atoms with Crippen molar-refractivity contribution >= 4 is 17.7 Å². The molecule has 138 valence electrons. The zero-order chi connectivity index (χ0) is 18.7. The van der Waals surface area contributed by atoms with Crippen LogP contribution in [0.2, 0.25) is 0 Å². The maximum atomic E-state index is 12.2. The van der Waals surface area contributed by atoms with Gasteiger partial charge >= 0.3 is 5.97 Å². The number of rotatable bonds is 5. The van der Waals surface area contributed by atoms with Crippen LogP contribution in [-0.4, -0.2) is 35.3 Å². The van der Waals surface area contributed by atoms with Crippen molar-refractivity contribution in [3.05, 3.63) is 22.5 Å². The Kier molecular flexibility index (Phi) is 6.03. The highest BCUT2D eigenvalue weighted by Crippen LogP contribution is 2.29. The molecule has 0 radical (unpaired) electrons. The minimum Gasteiger partial charge on any atom is -0.451 e. The van der Waals surface area contributed by atoms with Crippen LogP contribution in [0.4, 0.5) is 0 Å². The number of aryl methyl sites for hydroxylation is 1. The fraction of sp³-hybridized carbons (Fsp3) is 0.632. The predicted molar refractivity (Wildman–Crippen MR) is 94.7 cm³/mol. The minimum absolute atomic E-state index is 0.108. The molecule has 1 aliphatic rings. The lowest BCUT2D eigenvalue weighted by Crippen LogP contribution is -2.45. The molecule has 2 N–H and O–H groups in total. The highest BCUT2D eigenvalue weighted by molar-refractivity contribution is 6.01. The van der Waals surface area contributed by atoms with Crippen LogP contribution in [0, 0.1) is 25.7 Å². The Morgan fingerprint density at radius 1 is 1.20 bits per heavy atom. The van der Waals surface area contributed by atoms with Gasteiger partial charge in [0.15, 0.2) is 12.4 Å². The molecule has 1 aliphatic carbocycles. The summed E-state index contributed by atoms with van der Waals surface area (Å²) in [5.74, 6) is -0.0141. The second-order valence-corrected chi connectivity index (χ2v) is 7.20. The number of amides is 1. The lowest BCUT2D eigenvalue weighted by molar-refractivity contribution is -0.125. The van der Waals surface area contributed by atoms with Gasteiger partial charge in [0.25, 0.3) is 5.91 Å². The molecule has 0 bridgehead atoms. The molecular formula is C19H28N2O4. The molecule has 3 atom stereocenters. The molecular weight excluding hydrogens is 320 g/mol. The Hall–Kier alpha value is -2.11. The fourth-order valence-electron chi connectivity index (χ4n) is 3.72. The number of esters is 1. The van der Waals surface area contributed by atoms with Crippen LogP contribution in [0.5, 0.6) is 0 Å². The van der Waals surface area contributed by atoms with Crippen molar-refractivity contribution in [1.29, 1.82) is 0 Å². The van der Waals surface area contributed by atoms with E-state index in [0.717, 1.165) is 12.8 Å². The number of hydrogen-bond acceptors (Lipinski definition) is 4. The SMILES string of the molecule is CC(=O)c1c(C)[nH]c(C(=O)OCC(=O)N[C@@H]2CCC[C@H](C)[C@@H]2C)c1C. The summed E-state index contributed by atoms with van der Waals surface area (Å²) in [6.07, 6.45) is 3.25. The van der Waals surface area contributed by atoms with Crippen molar-refractivity contribution in [2.45, 2.75) is 59.9 Å². The number of hydrogen-bond donors (Lipinski definition) is 2. The molecule has 25 heavy (non-hydrogen) atoms. The van der Waals surface area contributed by atoms with E-state index >= 15 is 0 Å². The highest BCUT2D eigenvalue weighted by Gasteiger charge is 2.28. The molecule has 1 aromatic heterocycles. The van der Waals surface area contributed by atoms with Gasteiger partial charge < -0.3 is 15.0 Å². The van der Waals surface area contributed by atoms with Crippen LogP contribution in [0.1, 0.15) is 72.1 Å². The molecule has 1 heterocycles. The van der Waals surface area contributed by atoms with Gasteiger partial charge in [-0.3, -0.25) is 9.59 Å². The lowest BCUT2D eigenvalue weighted by atomic mass is 9.78. The molecule has 1 saturated carbocycles. The van der Waals surface area contributed by atoms with Gasteiger partial charge in [-0.25, -0.2) is 4.79 Å². The Morgan fingerprint density at radius 2 is 1.88 bits per heavy atom. The van der Waals surface area contributed by atoms with E-state index in [9.17, 15) is 14.4 Å². The number of carbonyl (C=O) groups excluding carboxylic acids is 3. The Morgan fingerprint density at radius 3 is 2.48 bits per heavy atom. The molecule has 1 fully saturated rings. The second-order valence-electron chi connectivity index (χ2n) is 7.20. The maximum absolute atomic E-state index is 12.2. The van der Waals surface area contributed by atoms with E-state index in [1.165, 1.54) is 13.3 Å². The highest BCUT2D eigenvalue weighted by atomic mass is 16.5. The van der Waals surface area contributed by atoms with E-state index in [0.29, 0.717) is 28.7 Å². The van der Waals surface area contributed by atoms with Gasteiger partial charge in [-0.1, -0.05) is 26.7 Å². The molecule has 0 aliphatic heterocycles. The number of aromatic nitrogens is 1. The summed E-state index contributed by atoms with van der Waals surface area (Å²) in [5, 5.41) is 2.97. The van der Waals surface area contributed by atoms with E-state index < -0.39 is 5.97 Å². The first-order valence-electron chi connectivity index (χ1n) is 8.89. The third-order valence-electron chi connectivity index (χ3n) is 5.38. The molecule has 6 heteroatoms. The Balaban J connectivity index is 1.93. The molecule has 1 amide bonds. The van der Waals surface area contributed by atoms with Crippen LogP contribution in [0.15, 0.2) is 0 Å². The number of Topliss-reactive ketones (excluding diaryl/α,β-unsaturated/α-hetero) is 1. The average molecular weight is 348 g/mol. The van der Waals surface area contributed by atoms with Crippen LogP contribution >= 0.6 is 0 Å². The summed E-state index contributed by atoms with van der Waals surface area (Å²) in [6, 6.07) is 0.133. The largest absolute Gasteiger partial charge is 0.451 e. The van der Waals surface area contributed by atoms with Crippen molar-refractivity contribution in [3.63, 3.8) is 0 Å². The van der Waals surface area contributed by atoms with Gasteiger partial charge in [-0.05, 0) is 44.6 Å². The van der Waals surface area contributed by atoms with Gasteiger partial charge in [-0.15, -0.1) is 0 Å². The first kappa shape index (κ1) is 19.2. The number of nitrogens with one attached hydrogen (secondary N) is 2. The van der Waals surface area contributed by atoms with Crippen LogP contribution < -0.4 is 5.32 Å². The van der Waals surface area contributed by atoms with Crippen molar-refractivity contribution in [2.75, 3.05) is 6.61 Å². The third-order valence-corrected chi connectivity index (χ3v) is 5.38. The van der Waals surface area contributed by atoms with E-state index in [1.807, 2.05) is 0 Å². The molecule has 0 spiro atoms. The van der Waals surface area contributed by atoms with E-state index in [1.54, 1.807) is 13.8 Å². The second kappa shape index (κ2) is 7.85. The smallest absolute Gasteiger partial charge is 0.355 e. The monoisotopic (exact) mass is 348 g/mol. The number of aromatic amines is 1. The first-order chi connectivity index (χ1) is 11.7. The van der Waals surface area contributed by atoms with E-state index in [2.05, 4.69) is 24.1 Å². The first-order valence-corrected chi connectivity index (χ1v) is 8.89. The molecule has 0 saturated heterocycles. The van der Waals surface area contributed by atoms with E-state index in [4.69, 9.17) is 4.74 Å². The summed E-state index contributed by atoms with van der Waals surface area (Å²) in [6.45, 7) is 8.92. The molecule has 0 aromatic carbocycles. The van der Waals surface area contributed by atoms with Crippen LogP contribution in [0.3, 0.4) is 0 Å². The summed E-state index contributed by atoms with van der Waals surface area (Å²) in [4.78, 5) is 38.9. The number of H-pyrrole nitrogens is 1. The van der Waals surface area contributed by atoms with Crippen molar-refractivity contribution in [3.8, 4) is 0 Å². The summed E-state index contributed by atoms with van der Waals surface area (Å²) < 4.78 is 5.13. The van der Waals surface area contributed by atoms with Crippen LogP contribution in [-0.2, 0) is 9.53 Å². The molecule has 6 nitrogen and oxygen atoms in total. The van der Waals surface area contributed by atoms with Gasteiger partial charge in [0.2, 0.25) is 0 Å². The number of ketones is 1. The zero-order valence-corrected chi connectivity index (χ0v) is 15.7.